The first-order valence-corrected chi connectivity index (χ1v) is 4.59. The van der Waals surface area contributed by atoms with E-state index in [0.29, 0.717) is 10.6 Å². The minimum absolute atomic E-state index is 0.0310. The van der Waals surface area contributed by atoms with E-state index in [9.17, 15) is 9.90 Å². The molecule has 0 heterocycles. The van der Waals surface area contributed by atoms with Crippen molar-refractivity contribution >= 4 is 17.6 Å². The fourth-order valence-electron chi connectivity index (χ4n) is 1.20. The van der Waals surface area contributed by atoms with Crippen LogP contribution in [0.25, 0.3) is 0 Å². The average Bonchev–Trinajstić information content (AvgIpc) is 2.11. The second-order valence-corrected chi connectivity index (χ2v) is 3.47. The van der Waals surface area contributed by atoms with Gasteiger partial charge in [0.05, 0.1) is 5.02 Å². The Morgan fingerprint density at radius 1 is 1.50 bits per heavy atom. The van der Waals surface area contributed by atoms with Gasteiger partial charge in [-0.2, -0.15) is 0 Å². The molecule has 0 spiro atoms. The van der Waals surface area contributed by atoms with E-state index >= 15 is 0 Å². The molecule has 0 unspecified atom stereocenters. The van der Waals surface area contributed by atoms with Crippen LogP contribution in [0.15, 0.2) is 12.1 Å². The van der Waals surface area contributed by atoms with Crippen molar-refractivity contribution in [2.45, 2.75) is 19.8 Å². The molecule has 0 amide bonds. The van der Waals surface area contributed by atoms with Gasteiger partial charge in [0.1, 0.15) is 5.75 Å². The van der Waals surface area contributed by atoms with Crippen molar-refractivity contribution in [3.05, 3.63) is 28.3 Å². The number of aryl methyl sites for hydroxylation is 1. The Hall–Kier alpha value is -1.22. The molecule has 0 radical (unpaired) electrons. The van der Waals surface area contributed by atoms with Crippen LogP contribution in [0.3, 0.4) is 0 Å². The van der Waals surface area contributed by atoms with E-state index in [1.165, 1.54) is 6.07 Å². The molecule has 0 bridgehead atoms. The van der Waals surface area contributed by atoms with Crippen LogP contribution < -0.4 is 0 Å². The Morgan fingerprint density at radius 3 is 2.71 bits per heavy atom. The van der Waals surface area contributed by atoms with Crippen LogP contribution in [-0.2, 0) is 11.2 Å². The van der Waals surface area contributed by atoms with Crippen LogP contribution in [-0.4, -0.2) is 16.2 Å². The van der Waals surface area contributed by atoms with Gasteiger partial charge in [0, 0.05) is 12.0 Å². The molecule has 1 rings (SSSR count). The molecular weight excluding hydrogens is 204 g/mol. The maximum Gasteiger partial charge on any atom is 0.303 e. The van der Waals surface area contributed by atoms with Crippen molar-refractivity contribution in [1.82, 2.24) is 0 Å². The lowest BCUT2D eigenvalue weighted by molar-refractivity contribution is -0.136. The third-order valence-electron chi connectivity index (χ3n) is 2.00. The summed E-state index contributed by atoms with van der Waals surface area (Å²) < 4.78 is 0. The molecule has 0 aromatic heterocycles. The van der Waals surface area contributed by atoms with Crippen molar-refractivity contribution in [3.8, 4) is 5.75 Å². The highest BCUT2D eigenvalue weighted by atomic mass is 35.5. The van der Waals surface area contributed by atoms with Crippen LogP contribution in [0.1, 0.15) is 17.5 Å². The van der Waals surface area contributed by atoms with Crippen molar-refractivity contribution in [2.75, 3.05) is 0 Å². The van der Waals surface area contributed by atoms with E-state index in [-0.39, 0.29) is 18.6 Å². The van der Waals surface area contributed by atoms with Crippen molar-refractivity contribution < 1.29 is 15.0 Å². The lowest BCUT2D eigenvalue weighted by atomic mass is 10.1. The summed E-state index contributed by atoms with van der Waals surface area (Å²) in [6.07, 6.45) is 0.221. The van der Waals surface area contributed by atoms with Gasteiger partial charge < -0.3 is 10.2 Å². The van der Waals surface area contributed by atoms with Crippen LogP contribution in [0, 0.1) is 6.92 Å². The summed E-state index contributed by atoms with van der Waals surface area (Å²) in [5.74, 6) is -0.844. The highest BCUT2D eigenvalue weighted by Crippen LogP contribution is 2.29. The number of carboxylic acid groups (broad SMARTS) is 1. The lowest BCUT2D eigenvalue weighted by Gasteiger charge is -2.07. The number of hydrogen-bond acceptors (Lipinski definition) is 2. The third kappa shape index (κ3) is 2.39. The van der Waals surface area contributed by atoms with Crippen molar-refractivity contribution in [2.24, 2.45) is 0 Å². The molecule has 0 fully saturated rings. The summed E-state index contributed by atoms with van der Waals surface area (Å²) in [4.78, 5) is 10.4. The molecule has 14 heavy (non-hydrogen) atoms. The first-order chi connectivity index (χ1) is 6.52. The molecule has 76 valence electrons. The Bertz CT molecular complexity index is 361. The van der Waals surface area contributed by atoms with Gasteiger partial charge in [-0.1, -0.05) is 17.7 Å². The number of carboxylic acids is 1. The van der Waals surface area contributed by atoms with Gasteiger partial charge in [0.25, 0.3) is 0 Å². The number of phenols is 1. The summed E-state index contributed by atoms with van der Waals surface area (Å²) in [7, 11) is 0. The molecule has 0 aliphatic heterocycles. The van der Waals surface area contributed by atoms with E-state index in [2.05, 4.69) is 0 Å². The number of phenolic OH excluding ortho intramolecular Hbond substituents is 1. The first-order valence-electron chi connectivity index (χ1n) is 4.21. The number of halogens is 1. The van der Waals surface area contributed by atoms with E-state index in [1.54, 1.807) is 6.07 Å². The monoisotopic (exact) mass is 214 g/mol. The predicted octanol–water partition coefficient (Wildman–Crippen LogP) is 2.37. The van der Waals surface area contributed by atoms with Crippen molar-refractivity contribution in [3.63, 3.8) is 0 Å². The van der Waals surface area contributed by atoms with E-state index in [1.807, 2.05) is 6.92 Å². The fraction of sp³-hybridized carbons (Fsp3) is 0.300. The van der Waals surface area contributed by atoms with Gasteiger partial charge in [-0.05, 0) is 25.0 Å². The minimum Gasteiger partial charge on any atom is -0.508 e. The zero-order valence-corrected chi connectivity index (χ0v) is 8.51. The molecule has 0 saturated carbocycles. The number of rotatable bonds is 3. The molecule has 4 heteroatoms. The predicted molar refractivity (Wildman–Crippen MR) is 53.8 cm³/mol. The van der Waals surface area contributed by atoms with Crippen LogP contribution in [0.4, 0.5) is 0 Å². The number of carbonyl (C=O) groups is 1. The first kappa shape index (κ1) is 10.9. The molecule has 0 aliphatic rings. The second-order valence-electron chi connectivity index (χ2n) is 3.09. The van der Waals surface area contributed by atoms with E-state index in [0.717, 1.165) is 5.56 Å². The normalized spacial score (nSPS) is 10.1. The number of aliphatic carboxylic acids is 1. The third-order valence-corrected chi connectivity index (χ3v) is 2.53. The summed E-state index contributed by atoms with van der Waals surface area (Å²) in [6, 6.07) is 3.22. The summed E-state index contributed by atoms with van der Waals surface area (Å²) in [5, 5.41) is 18.4. The Kier molecular flexibility index (Phi) is 3.36. The molecule has 0 aliphatic carbocycles. The van der Waals surface area contributed by atoms with E-state index < -0.39 is 5.97 Å². The molecule has 1 aromatic rings. The zero-order valence-electron chi connectivity index (χ0n) is 7.75. The summed E-state index contributed by atoms with van der Waals surface area (Å²) in [6.45, 7) is 1.81. The Balaban J connectivity index is 2.95. The molecule has 1 aromatic carbocycles. The van der Waals surface area contributed by atoms with Gasteiger partial charge in [0.2, 0.25) is 0 Å². The van der Waals surface area contributed by atoms with Gasteiger partial charge in [-0.25, -0.2) is 0 Å². The molecule has 0 saturated heterocycles. The molecule has 2 N–H and O–H groups in total. The SMILES string of the molecule is Cc1ccc(O)c(CCC(=O)O)c1Cl. The summed E-state index contributed by atoms with van der Waals surface area (Å²) >= 11 is 5.93. The van der Waals surface area contributed by atoms with E-state index in [4.69, 9.17) is 16.7 Å². The van der Waals surface area contributed by atoms with Crippen molar-refractivity contribution in [1.29, 1.82) is 0 Å². The minimum atomic E-state index is -0.901. The van der Waals surface area contributed by atoms with Gasteiger partial charge in [-0.3, -0.25) is 4.79 Å². The van der Waals surface area contributed by atoms with Crippen LogP contribution in [0.5, 0.6) is 5.75 Å². The van der Waals surface area contributed by atoms with Crippen LogP contribution >= 0.6 is 11.6 Å². The Labute approximate surface area is 86.9 Å². The smallest absolute Gasteiger partial charge is 0.303 e. The highest BCUT2D eigenvalue weighted by molar-refractivity contribution is 6.32. The second kappa shape index (κ2) is 4.33. The van der Waals surface area contributed by atoms with Gasteiger partial charge in [-0.15, -0.1) is 0 Å². The standard InChI is InChI=1S/C10H11ClO3/c1-6-2-4-8(12)7(10(6)11)3-5-9(13)14/h2,4,12H,3,5H2,1H3,(H,13,14). The number of hydrogen-bond donors (Lipinski definition) is 2. The average molecular weight is 215 g/mol. The van der Waals surface area contributed by atoms with Gasteiger partial charge in [0.15, 0.2) is 0 Å². The number of aromatic hydroxyl groups is 1. The molecule has 0 atom stereocenters. The highest BCUT2D eigenvalue weighted by Gasteiger charge is 2.10. The molecule has 3 nitrogen and oxygen atoms in total. The topological polar surface area (TPSA) is 57.5 Å². The maximum atomic E-state index is 10.4. The molecular formula is C10H11ClO3. The van der Waals surface area contributed by atoms with Crippen LogP contribution in [0.2, 0.25) is 5.02 Å². The quantitative estimate of drug-likeness (QED) is 0.812. The van der Waals surface area contributed by atoms with Gasteiger partial charge >= 0.3 is 5.97 Å². The summed E-state index contributed by atoms with van der Waals surface area (Å²) in [5.41, 5.74) is 1.35. The largest absolute Gasteiger partial charge is 0.508 e. The Morgan fingerprint density at radius 2 is 2.14 bits per heavy atom. The maximum absolute atomic E-state index is 10.4. The lowest BCUT2D eigenvalue weighted by Crippen LogP contribution is -1.99. The zero-order chi connectivity index (χ0) is 10.7. The number of benzene rings is 1. The fourth-order valence-corrected chi connectivity index (χ4v) is 1.45.